The van der Waals surface area contributed by atoms with Crippen LogP contribution in [0.2, 0.25) is 0 Å². The van der Waals surface area contributed by atoms with E-state index in [1.807, 2.05) is 7.05 Å². The first-order valence-corrected chi connectivity index (χ1v) is 4.57. The lowest BCUT2D eigenvalue weighted by Crippen LogP contribution is -1.92. The number of fused-ring (bicyclic) bond motifs is 1. The summed E-state index contributed by atoms with van der Waals surface area (Å²) in [6, 6.07) is 0. The quantitative estimate of drug-likeness (QED) is 0.648. The molecule has 12 heavy (non-hydrogen) atoms. The summed E-state index contributed by atoms with van der Waals surface area (Å²) >= 11 is 0. The Labute approximate surface area is 72.1 Å². The molecule has 0 saturated heterocycles. The SMILES string of the molecule is CNc1onc2c1CCCCC2. The van der Waals surface area contributed by atoms with Crippen molar-refractivity contribution in [1.82, 2.24) is 5.16 Å². The summed E-state index contributed by atoms with van der Waals surface area (Å²) in [6.07, 6.45) is 6.04. The van der Waals surface area contributed by atoms with Gasteiger partial charge in [0, 0.05) is 12.6 Å². The second-order valence-corrected chi connectivity index (χ2v) is 3.25. The molecule has 0 aliphatic heterocycles. The van der Waals surface area contributed by atoms with Gasteiger partial charge in [0.2, 0.25) is 5.88 Å². The van der Waals surface area contributed by atoms with Crippen LogP contribution in [0.15, 0.2) is 4.52 Å². The van der Waals surface area contributed by atoms with Gasteiger partial charge in [-0.15, -0.1) is 0 Å². The van der Waals surface area contributed by atoms with E-state index < -0.39 is 0 Å². The summed E-state index contributed by atoms with van der Waals surface area (Å²) in [5, 5.41) is 7.08. The molecule has 1 aliphatic carbocycles. The van der Waals surface area contributed by atoms with Gasteiger partial charge in [0.25, 0.3) is 0 Å². The maximum Gasteiger partial charge on any atom is 0.227 e. The lowest BCUT2D eigenvalue weighted by atomic mass is 10.1. The zero-order valence-electron chi connectivity index (χ0n) is 7.39. The maximum absolute atomic E-state index is 5.16. The summed E-state index contributed by atoms with van der Waals surface area (Å²) in [6.45, 7) is 0. The van der Waals surface area contributed by atoms with Crippen molar-refractivity contribution in [2.45, 2.75) is 32.1 Å². The number of rotatable bonds is 1. The minimum absolute atomic E-state index is 0.868. The fraction of sp³-hybridized carbons (Fsp3) is 0.667. The van der Waals surface area contributed by atoms with Gasteiger partial charge in [-0.25, -0.2) is 0 Å². The zero-order valence-corrected chi connectivity index (χ0v) is 7.39. The highest BCUT2D eigenvalue weighted by Gasteiger charge is 2.16. The molecular formula is C9H14N2O. The molecule has 1 aromatic rings. The Bertz CT molecular complexity index is 267. The van der Waals surface area contributed by atoms with Crippen molar-refractivity contribution in [3.8, 4) is 0 Å². The molecule has 0 bridgehead atoms. The lowest BCUT2D eigenvalue weighted by Gasteiger charge is -1.97. The average Bonchev–Trinajstić information content (AvgIpc) is 2.33. The molecule has 1 heterocycles. The minimum atomic E-state index is 0.868. The highest BCUT2D eigenvalue weighted by atomic mass is 16.5. The Morgan fingerprint density at radius 1 is 1.25 bits per heavy atom. The van der Waals surface area contributed by atoms with Crippen LogP contribution in [0.5, 0.6) is 0 Å². The van der Waals surface area contributed by atoms with Crippen molar-refractivity contribution in [2.75, 3.05) is 12.4 Å². The molecule has 0 saturated carbocycles. The van der Waals surface area contributed by atoms with E-state index in [-0.39, 0.29) is 0 Å². The standard InChI is InChI=1S/C9H14N2O/c1-10-9-7-5-3-2-4-6-8(7)11-12-9/h10H,2-6H2,1H3. The van der Waals surface area contributed by atoms with Crippen molar-refractivity contribution in [2.24, 2.45) is 0 Å². The average molecular weight is 166 g/mol. The number of nitrogens with zero attached hydrogens (tertiary/aromatic N) is 1. The summed E-state index contributed by atoms with van der Waals surface area (Å²) in [5.41, 5.74) is 2.46. The van der Waals surface area contributed by atoms with Gasteiger partial charge in [0.15, 0.2) is 0 Å². The predicted molar refractivity (Wildman–Crippen MR) is 47.3 cm³/mol. The van der Waals surface area contributed by atoms with Gasteiger partial charge >= 0.3 is 0 Å². The Hall–Kier alpha value is -0.990. The maximum atomic E-state index is 5.16. The fourth-order valence-electron chi connectivity index (χ4n) is 1.76. The van der Waals surface area contributed by atoms with E-state index in [2.05, 4.69) is 10.5 Å². The van der Waals surface area contributed by atoms with Gasteiger partial charge in [-0.05, 0) is 25.7 Å². The molecule has 3 heteroatoms. The molecular weight excluding hydrogens is 152 g/mol. The van der Waals surface area contributed by atoms with Crippen LogP contribution in [0.4, 0.5) is 5.88 Å². The molecule has 0 fully saturated rings. The van der Waals surface area contributed by atoms with Crippen molar-refractivity contribution in [3.63, 3.8) is 0 Å². The van der Waals surface area contributed by atoms with Crippen LogP contribution >= 0.6 is 0 Å². The van der Waals surface area contributed by atoms with Crippen LogP contribution in [-0.4, -0.2) is 12.2 Å². The lowest BCUT2D eigenvalue weighted by molar-refractivity contribution is 0.422. The molecule has 1 aromatic heterocycles. The smallest absolute Gasteiger partial charge is 0.227 e. The molecule has 0 unspecified atom stereocenters. The third-order valence-electron chi connectivity index (χ3n) is 2.44. The van der Waals surface area contributed by atoms with E-state index in [1.165, 1.54) is 24.8 Å². The van der Waals surface area contributed by atoms with Gasteiger partial charge in [-0.3, -0.25) is 0 Å². The zero-order chi connectivity index (χ0) is 8.39. The summed E-state index contributed by atoms with van der Waals surface area (Å²) in [7, 11) is 1.88. The second kappa shape index (κ2) is 3.17. The number of nitrogens with one attached hydrogen (secondary N) is 1. The molecule has 66 valence electrons. The van der Waals surface area contributed by atoms with E-state index in [0.29, 0.717) is 0 Å². The fourth-order valence-corrected chi connectivity index (χ4v) is 1.76. The van der Waals surface area contributed by atoms with Crippen LogP contribution in [0.1, 0.15) is 30.5 Å². The van der Waals surface area contributed by atoms with Gasteiger partial charge in [-0.1, -0.05) is 11.6 Å². The Balaban J connectivity index is 2.32. The Kier molecular flexibility index (Phi) is 2.02. The first kappa shape index (κ1) is 7.65. The normalized spacial score (nSPS) is 16.8. The molecule has 0 atom stereocenters. The van der Waals surface area contributed by atoms with E-state index in [9.17, 15) is 0 Å². The first-order valence-electron chi connectivity index (χ1n) is 4.57. The first-order chi connectivity index (χ1) is 5.92. The van der Waals surface area contributed by atoms with Crippen LogP contribution in [0, 0.1) is 0 Å². The Morgan fingerprint density at radius 2 is 2.08 bits per heavy atom. The molecule has 1 N–H and O–H groups in total. The summed E-state index contributed by atoms with van der Waals surface area (Å²) < 4.78 is 5.16. The van der Waals surface area contributed by atoms with E-state index >= 15 is 0 Å². The summed E-state index contributed by atoms with van der Waals surface area (Å²) in [5.74, 6) is 0.868. The van der Waals surface area contributed by atoms with Crippen molar-refractivity contribution in [1.29, 1.82) is 0 Å². The monoisotopic (exact) mass is 166 g/mol. The second-order valence-electron chi connectivity index (χ2n) is 3.25. The number of aryl methyl sites for hydroxylation is 1. The topological polar surface area (TPSA) is 38.1 Å². The largest absolute Gasteiger partial charge is 0.357 e. The van der Waals surface area contributed by atoms with E-state index in [0.717, 1.165) is 24.4 Å². The highest BCUT2D eigenvalue weighted by molar-refractivity contribution is 5.43. The Morgan fingerprint density at radius 3 is 2.92 bits per heavy atom. The highest BCUT2D eigenvalue weighted by Crippen LogP contribution is 2.26. The van der Waals surface area contributed by atoms with Crippen molar-refractivity contribution in [3.05, 3.63) is 11.3 Å². The van der Waals surface area contributed by atoms with Crippen LogP contribution in [0.3, 0.4) is 0 Å². The molecule has 0 aromatic carbocycles. The van der Waals surface area contributed by atoms with Crippen LogP contribution < -0.4 is 5.32 Å². The van der Waals surface area contributed by atoms with Gasteiger partial charge in [0.05, 0.1) is 5.69 Å². The van der Waals surface area contributed by atoms with Crippen LogP contribution in [-0.2, 0) is 12.8 Å². The molecule has 0 spiro atoms. The minimum Gasteiger partial charge on any atom is -0.357 e. The predicted octanol–water partition coefficient (Wildman–Crippen LogP) is 1.99. The number of aromatic nitrogens is 1. The van der Waals surface area contributed by atoms with E-state index in [4.69, 9.17) is 4.52 Å². The van der Waals surface area contributed by atoms with Gasteiger partial charge in [0.1, 0.15) is 0 Å². The number of hydrogen-bond donors (Lipinski definition) is 1. The number of anilines is 1. The van der Waals surface area contributed by atoms with Crippen molar-refractivity contribution >= 4 is 5.88 Å². The van der Waals surface area contributed by atoms with E-state index in [1.54, 1.807) is 0 Å². The summed E-state index contributed by atoms with van der Waals surface area (Å²) in [4.78, 5) is 0. The molecule has 3 nitrogen and oxygen atoms in total. The van der Waals surface area contributed by atoms with Crippen LogP contribution in [0.25, 0.3) is 0 Å². The molecule has 2 rings (SSSR count). The number of hydrogen-bond acceptors (Lipinski definition) is 3. The van der Waals surface area contributed by atoms with Crippen molar-refractivity contribution < 1.29 is 4.52 Å². The van der Waals surface area contributed by atoms with Gasteiger partial charge < -0.3 is 9.84 Å². The molecule has 0 radical (unpaired) electrons. The van der Waals surface area contributed by atoms with Gasteiger partial charge in [-0.2, -0.15) is 0 Å². The molecule has 0 amide bonds. The third kappa shape index (κ3) is 1.19. The molecule has 1 aliphatic rings. The third-order valence-corrected chi connectivity index (χ3v) is 2.44.